The van der Waals surface area contributed by atoms with Gasteiger partial charge in [-0.2, -0.15) is 0 Å². The van der Waals surface area contributed by atoms with Gasteiger partial charge in [0.15, 0.2) is 5.96 Å². The summed E-state index contributed by atoms with van der Waals surface area (Å²) in [6.07, 6.45) is 0. The number of benzene rings is 2. The molecule has 0 unspecified atom stereocenters. The zero-order valence-corrected chi connectivity index (χ0v) is 19.8. The molecule has 1 aliphatic rings. The van der Waals surface area contributed by atoms with E-state index in [4.69, 9.17) is 9.73 Å². The fourth-order valence-corrected chi connectivity index (χ4v) is 3.27. The maximum absolute atomic E-state index is 5.42. The Labute approximate surface area is 192 Å². The summed E-state index contributed by atoms with van der Waals surface area (Å²) in [4.78, 5) is 7.18. The van der Waals surface area contributed by atoms with Crippen LogP contribution in [0.4, 0.5) is 0 Å². The van der Waals surface area contributed by atoms with E-state index in [1.165, 1.54) is 22.3 Å². The van der Waals surface area contributed by atoms with Crippen LogP contribution < -0.4 is 10.6 Å². The van der Waals surface area contributed by atoms with E-state index in [-0.39, 0.29) is 24.0 Å². The van der Waals surface area contributed by atoms with E-state index in [0.717, 1.165) is 51.9 Å². The van der Waals surface area contributed by atoms with Crippen LogP contribution >= 0.6 is 24.0 Å². The molecule has 3 rings (SSSR count). The number of aliphatic imine (C=N–C) groups is 1. The van der Waals surface area contributed by atoms with Gasteiger partial charge in [0.05, 0.1) is 19.8 Å². The number of rotatable bonds is 7. The monoisotopic (exact) mass is 508 g/mol. The van der Waals surface area contributed by atoms with Crippen molar-refractivity contribution in [3.63, 3.8) is 0 Å². The highest BCUT2D eigenvalue weighted by atomic mass is 127. The van der Waals surface area contributed by atoms with Crippen molar-refractivity contribution >= 4 is 29.9 Å². The van der Waals surface area contributed by atoms with Crippen LogP contribution in [0, 0.1) is 6.92 Å². The number of ether oxygens (including phenoxy) is 1. The third-order valence-electron chi connectivity index (χ3n) is 5.00. The van der Waals surface area contributed by atoms with Crippen molar-refractivity contribution in [1.82, 2.24) is 15.5 Å². The zero-order valence-electron chi connectivity index (χ0n) is 17.5. The summed E-state index contributed by atoms with van der Waals surface area (Å²) in [5.41, 5.74) is 5.15. The molecule has 1 fully saturated rings. The minimum absolute atomic E-state index is 0. The largest absolute Gasteiger partial charge is 0.379 e. The Balaban J connectivity index is 0.00000300. The van der Waals surface area contributed by atoms with E-state index in [9.17, 15) is 0 Å². The predicted molar refractivity (Wildman–Crippen MR) is 131 cm³/mol. The Morgan fingerprint density at radius 2 is 1.69 bits per heavy atom. The first-order valence-electron chi connectivity index (χ1n) is 10.2. The Morgan fingerprint density at radius 3 is 2.38 bits per heavy atom. The van der Waals surface area contributed by atoms with Gasteiger partial charge >= 0.3 is 0 Å². The van der Waals surface area contributed by atoms with Gasteiger partial charge in [-0.05, 0) is 36.1 Å². The van der Waals surface area contributed by atoms with Gasteiger partial charge in [-0.25, -0.2) is 4.99 Å². The lowest BCUT2D eigenvalue weighted by atomic mass is 10.1. The minimum atomic E-state index is 0. The summed E-state index contributed by atoms with van der Waals surface area (Å²) in [5.74, 6) is 0.850. The van der Waals surface area contributed by atoms with E-state index in [1.54, 1.807) is 0 Å². The smallest absolute Gasteiger partial charge is 0.191 e. The number of hydrogen-bond acceptors (Lipinski definition) is 3. The van der Waals surface area contributed by atoms with E-state index in [0.29, 0.717) is 6.54 Å². The van der Waals surface area contributed by atoms with Crippen LogP contribution in [0.2, 0.25) is 0 Å². The molecule has 0 amide bonds. The van der Waals surface area contributed by atoms with Gasteiger partial charge in [0.25, 0.3) is 0 Å². The van der Waals surface area contributed by atoms with Gasteiger partial charge in [0, 0.05) is 32.7 Å². The van der Waals surface area contributed by atoms with Crippen LogP contribution in [0.15, 0.2) is 53.5 Å². The molecular weight excluding hydrogens is 475 g/mol. The molecule has 158 valence electrons. The Hall–Kier alpha value is -1.64. The molecular formula is C23H33IN4O. The van der Waals surface area contributed by atoms with Crippen molar-refractivity contribution in [2.24, 2.45) is 4.99 Å². The zero-order chi connectivity index (χ0) is 19.6. The molecule has 29 heavy (non-hydrogen) atoms. The van der Waals surface area contributed by atoms with Gasteiger partial charge < -0.3 is 15.4 Å². The number of aryl methyl sites for hydroxylation is 1. The lowest BCUT2D eigenvalue weighted by Crippen LogP contribution is -2.36. The summed E-state index contributed by atoms with van der Waals surface area (Å²) >= 11 is 0. The van der Waals surface area contributed by atoms with Crippen molar-refractivity contribution in [1.29, 1.82) is 0 Å². The molecule has 1 heterocycles. The molecule has 0 aliphatic carbocycles. The maximum atomic E-state index is 5.42. The average Bonchev–Trinajstić information content (AvgIpc) is 2.73. The molecule has 0 saturated carbocycles. The molecule has 5 nitrogen and oxygen atoms in total. The van der Waals surface area contributed by atoms with Crippen LogP contribution in [0.1, 0.15) is 29.2 Å². The third kappa shape index (κ3) is 7.95. The summed E-state index contributed by atoms with van der Waals surface area (Å²) in [5, 5.41) is 6.76. The van der Waals surface area contributed by atoms with E-state index >= 15 is 0 Å². The molecule has 0 bridgehead atoms. The minimum Gasteiger partial charge on any atom is -0.379 e. The lowest BCUT2D eigenvalue weighted by Gasteiger charge is -2.26. The van der Waals surface area contributed by atoms with Crippen LogP contribution in [0.25, 0.3) is 0 Å². The number of nitrogens with one attached hydrogen (secondary N) is 2. The fourth-order valence-electron chi connectivity index (χ4n) is 3.27. The van der Waals surface area contributed by atoms with E-state index < -0.39 is 0 Å². The van der Waals surface area contributed by atoms with E-state index in [2.05, 4.69) is 77.9 Å². The van der Waals surface area contributed by atoms with Gasteiger partial charge in [-0.3, -0.25) is 4.90 Å². The normalized spacial score (nSPS) is 14.9. The second-order valence-electron chi connectivity index (χ2n) is 7.18. The first-order valence-corrected chi connectivity index (χ1v) is 10.2. The molecule has 1 aliphatic heterocycles. The third-order valence-corrected chi connectivity index (χ3v) is 5.00. The number of morpholine rings is 1. The Bertz CT molecular complexity index is 758. The number of guanidine groups is 1. The first kappa shape index (κ1) is 23.6. The highest BCUT2D eigenvalue weighted by Gasteiger charge is 2.10. The van der Waals surface area contributed by atoms with Crippen molar-refractivity contribution in [2.75, 3.05) is 32.8 Å². The van der Waals surface area contributed by atoms with Crippen LogP contribution in [0.3, 0.4) is 0 Å². The second kappa shape index (κ2) is 12.8. The van der Waals surface area contributed by atoms with Gasteiger partial charge in [0.1, 0.15) is 0 Å². The molecule has 0 spiro atoms. The van der Waals surface area contributed by atoms with E-state index in [1.807, 2.05) is 0 Å². The number of hydrogen-bond donors (Lipinski definition) is 2. The standard InChI is InChI=1S/C23H32N4O.HI/c1-3-24-23(26-17-22-7-5-4-6-19(22)2)25-16-20-8-10-21(11-9-20)18-27-12-14-28-15-13-27;/h4-11H,3,12-18H2,1-2H3,(H2,24,25,26);1H. The topological polar surface area (TPSA) is 48.9 Å². The summed E-state index contributed by atoms with van der Waals surface area (Å²) in [6.45, 7) is 11.2. The average molecular weight is 508 g/mol. The Morgan fingerprint density at radius 1 is 1.00 bits per heavy atom. The highest BCUT2D eigenvalue weighted by molar-refractivity contribution is 14.0. The molecule has 0 atom stereocenters. The Kier molecular flexibility index (Phi) is 10.5. The van der Waals surface area contributed by atoms with Gasteiger partial charge in [0.2, 0.25) is 0 Å². The summed E-state index contributed by atoms with van der Waals surface area (Å²) in [7, 11) is 0. The quantitative estimate of drug-likeness (QED) is 0.340. The van der Waals surface area contributed by atoms with Gasteiger partial charge in [-0.15, -0.1) is 24.0 Å². The van der Waals surface area contributed by atoms with Crippen molar-refractivity contribution < 1.29 is 4.74 Å². The number of nitrogens with zero attached hydrogens (tertiary/aromatic N) is 2. The molecule has 0 aromatic heterocycles. The van der Waals surface area contributed by atoms with Crippen LogP contribution in [-0.2, 0) is 24.4 Å². The van der Waals surface area contributed by atoms with Gasteiger partial charge in [-0.1, -0.05) is 48.5 Å². The molecule has 6 heteroatoms. The van der Waals surface area contributed by atoms with Crippen LogP contribution in [-0.4, -0.2) is 43.7 Å². The molecule has 0 radical (unpaired) electrons. The molecule has 1 saturated heterocycles. The maximum Gasteiger partial charge on any atom is 0.191 e. The number of halogens is 1. The molecule has 2 aromatic rings. The van der Waals surface area contributed by atoms with Crippen molar-refractivity contribution in [3.05, 3.63) is 70.8 Å². The summed E-state index contributed by atoms with van der Waals surface area (Å²) in [6, 6.07) is 17.2. The fraction of sp³-hybridized carbons (Fsp3) is 0.435. The second-order valence-corrected chi connectivity index (χ2v) is 7.18. The summed E-state index contributed by atoms with van der Waals surface area (Å²) < 4.78 is 5.42. The van der Waals surface area contributed by atoms with Crippen molar-refractivity contribution in [3.8, 4) is 0 Å². The highest BCUT2D eigenvalue weighted by Crippen LogP contribution is 2.10. The molecule has 2 N–H and O–H groups in total. The molecule has 2 aromatic carbocycles. The predicted octanol–water partition coefficient (Wildman–Crippen LogP) is 3.70. The SMILES string of the molecule is CCNC(=NCc1ccc(CN2CCOCC2)cc1)NCc1ccccc1C.I. The lowest BCUT2D eigenvalue weighted by molar-refractivity contribution is 0.0342. The van der Waals surface area contributed by atoms with Crippen LogP contribution in [0.5, 0.6) is 0 Å². The van der Waals surface area contributed by atoms with Crippen molar-refractivity contribution in [2.45, 2.75) is 33.5 Å². The first-order chi connectivity index (χ1) is 13.7.